The van der Waals surface area contributed by atoms with E-state index in [4.69, 9.17) is 0 Å². The highest BCUT2D eigenvalue weighted by Gasteiger charge is 2.04. The number of nitrogens with zero attached hydrogens (tertiary/aromatic N) is 3. The average molecular weight is 296 g/mol. The lowest BCUT2D eigenvalue weighted by Crippen LogP contribution is -2.26. The molecule has 17 heavy (non-hydrogen) atoms. The Balaban J connectivity index is 2.46. The van der Waals surface area contributed by atoms with Crippen molar-refractivity contribution in [3.05, 3.63) is 39.4 Å². The Morgan fingerprint density at radius 2 is 2.18 bits per heavy atom. The van der Waals surface area contributed by atoms with E-state index in [1.54, 1.807) is 10.9 Å². The monoisotopic (exact) mass is 295 g/mol. The molecule has 0 spiro atoms. The van der Waals surface area contributed by atoms with Gasteiger partial charge in [-0.05, 0) is 32.3 Å². The SMILES string of the molecule is CN(C)CCn1cnc2ccc(Br)cc2c1=O. The summed E-state index contributed by atoms with van der Waals surface area (Å²) >= 11 is 3.37. The van der Waals surface area contributed by atoms with Gasteiger partial charge in [-0.3, -0.25) is 9.36 Å². The lowest BCUT2D eigenvalue weighted by atomic mass is 10.2. The van der Waals surface area contributed by atoms with Crippen LogP contribution in [0.5, 0.6) is 0 Å². The number of hydrogen-bond donors (Lipinski definition) is 0. The zero-order valence-electron chi connectivity index (χ0n) is 9.85. The highest BCUT2D eigenvalue weighted by atomic mass is 79.9. The Hall–Kier alpha value is -1.20. The summed E-state index contributed by atoms with van der Waals surface area (Å²) in [6, 6.07) is 5.55. The first-order valence-electron chi connectivity index (χ1n) is 5.37. The quantitative estimate of drug-likeness (QED) is 0.865. The summed E-state index contributed by atoms with van der Waals surface area (Å²) in [5.41, 5.74) is 0.748. The predicted octanol–water partition coefficient (Wildman–Crippen LogP) is 1.72. The topological polar surface area (TPSA) is 38.1 Å². The van der Waals surface area contributed by atoms with Crippen molar-refractivity contribution < 1.29 is 0 Å². The first-order chi connectivity index (χ1) is 8.08. The third kappa shape index (κ3) is 2.73. The molecule has 0 unspecified atom stereocenters. The Labute approximate surface area is 108 Å². The van der Waals surface area contributed by atoms with Gasteiger partial charge in [-0.15, -0.1) is 0 Å². The molecule has 0 fully saturated rings. The van der Waals surface area contributed by atoms with E-state index in [2.05, 4.69) is 20.9 Å². The van der Waals surface area contributed by atoms with Crippen LogP contribution in [0.15, 0.2) is 33.8 Å². The molecule has 1 heterocycles. The molecule has 4 nitrogen and oxygen atoms in total. The van der Waals surface area contributed by atoms with Crippen molar-refractivity contribution in [3.8, 4) is 0 Å². The highest BCUT2D eigenvalue weighted by molar-refractivity contribution is 9.10. The van der Waals surface area contributed by atoms with Crippen molar-refractivity contribution in [2.45, 2.75) is 6.54 Å². The molecular weight excluding hydrogens is 282 g/mol. The van der Waals surface area contributed by atoms with Gasteiger partial charge in [0.2, 0.25) is 0 Å². The van der Waals surface area contributed by atoms with E-state index < -0.39 is 0 Å². The molecule has 0 aliphatic rings. The molecule has 0 atom stereocenters. The molecule has 0 aliphatic carbocycles. The Morgan fingerprint density at radius 3 is 2.88 bits per heavy atom. The standard InChI is InChI=1S/C12H14BrN3O/c1-15(2)5-6-16-8-14-11-4-3-9(13)7-10(11)12(16)17/h3-4,7-8H,5-6H2,1-2H3. The Morgan fingerprint density at radius 1 is 1.41 bits per heavy atom. The van der Waals surface area contributed by atoms with Crippen LogP contribution in [0.25, 0.3) is 10.9 Å². The molecule has 0 saturated heterocycles. The maximum atomic E-state index is 12.2. The summed E-state index contributed by atoms with van der Waals surface area (Å²) < 4.78 is 2.55. The lowest BCUT2D eigenvalue weighted by Gasteiger charge is -2.11. The molecule has 0 amide bonds. The van der Waals surface area contributed by atoms with Gasteiger partial charge in [-0.1, -0.05) is 15.9 Å². The van der Waals surface area contributed by atoms with E-state index in [0.717, 1.165) is 16.5 Å². The Bertz CT molecular complexity index is 592. The fourth-order valence-electron chi connectivity index (χ4n) is 1.60. The van der Waals surface area contributed by atoms with E-state index in [-0.39, 0.29) is 5.56 Å². The van der Waals surface area contributed by atoms with Crippen LogP contribution in [-0.4, -0.2) is 35.1 Å². The van der Waals surface area contributed by atoms with Gasteiger partial charge in [0, 0.05) is 17.6 Å². The number of aromatic nitrogens is 2. The smallest absolute Gasteiger partial charge is 0.261 e. The van der Waals surface area contributed by atoms with E-state index in [1.807, 2.05) is 37.2 Å². The Kier molecular flexibility index (Phi) is 3.59. The van der Waals surface area contributed by atoms with Gasteiger partial charge < -0.3 is 4.90 Å². The third-order valence-corrected chi connectivity index (χ3v) is 3.07. The zero-order chi connectivity index (χ0) is 12.4. The molecule has 0 saturated carbocycles. The van der Waals surface area contributed by atoms with Crippen LogP contribution in [0, 0.1) is 0 Å². The number of likely N-dealkylation sites (N-methyl/N-ethyl adjacent to an activating group) is 1. The maximum Gasteiger partial charge on any atom is 0.261 e. The van der Waals surface area contributed by atoms with Crippen LogP contribution in [0.2, 0.25) is 0 Å². The van der Waals surface area contributed by atoms with Crippen LogP contribution in [0.4, 0.5) is 0 Å². The zero-order valence-corrected chi connectivity index (χ0v) is 11.4. The van der Waals surface area contributed by atoms with Crippen LogP contribution < -0.4 is 5.56 Å². The molecule has 90 valence electrons. The van der Waals surface area contributed by atoms with Gasteiger partial charge in [0.15, 0.2) is 0 Å². The second kappa shape index (κ2) is 4.98. The summed E-state index contributed by atoms with van der Waals surface area (Å²) in [7, 11) is 3.96. The third-order valence-electron chi connectivity index (χ3n) is 2.57. The van der Waals surface area contributed by atoms with Crippen LogP contribution in [0.1, 0.15) is 0 Å². The van der Waals surface area contributed by atoms with Gasteiger partial charge in [0.1, 0.15) is 0 Å². The summed E-state index contributed by atoms with van der Waals surface area (Å²) in [4.78, 5) is 18.5. The van der Waals surface area contributed by atoms with E-state index in [1.165, 1.54) is 0 Å². The first kappa shape index (κ1) is 12.3. The van der Waals surface area contributed by atoms with E-state index in [9.17, 15) is 4.79 Å². The van der Waals surface area contributed by atoms with Crippen molar-refractivity contribution in [1.29, 1.82) is 0 Å². The average Bonchev–Trinajstić information content (AvgIpc) is 2.29. The minimum Gasteiger partial charge on any atom is -0.308 e. The molecule has 1 aromatic carbocycles. The van der Waals surface area contributed by atoms with Gasteiger partial charge in [-0.25, -0.2) is 4.98 Å². The minimum atomic E-state index is 0.0122. The summed E-state index contributed by atoms with van der Waals surface area (Å²) in [5, 5.41) is 0.653. The van der Waals surface area contributed by atoms with Crippen LogP contribution in [0.3, 0.4) is 0 Å². The fourth-order valence-corrected chi connectivity index (χ4v) is 1.96. The largest absolute Gasteiger partial charge is 0.308 e. The van der Waals surface area contributed by atoms with E-state index >= 15 is 0 Å². The maximum absolute atomic E-state index is 12.2. The predicted molar refractivity (Wildman–Crippen MR) is 72.3 cm³/mol. The van der Waals surface area contributed by atoms with Crippen molar-refractivity contribution in [2.24, 2.45) is 0 Å². The van der Waals surface area contributed by atoms with Crippen LogP contribution in [-0.2, 0) is 6.54 Å². The molecule has 5 heteroatoms. The second-order valence-electron chi connectivity index (χ2n) is 4.21. The van der Waals surface area contributed by atoms with Crippen molar-refractivity contribution in [1.82, 2.24) is 14.5 Å². The van der Waals surface area contributed by atoms with E-state index in [0.29, 0.717) is 11.9 Å². The second-order valence-corrected chi connectivity index (χ2v) is 5.12. The molecular formula is C12H14BrN3O. The summed E-state index contributed by atoms with van der Waals surface area (Å²) in [5.74, 6) is 0. The summed E-state index contributed by atoms with van der Waals surface area (Å²) in [6.07, 6.45) is 1.61. The van der Waals surface area contributed by atoms with Gasteiger partial charge in [0.25, 0.3) is 5.56 Å². The minimum absolute atomic E-state index is 0.0122. The van der Waals surface area contributed by atoms with Crippen molar-refractivity contribution >= 4 is 26.8 Å². The fraction of sp³-hybridized carbons (Fsp3) is 0.333. The molecule has 0 N–H and O–H groups in total. The highest BCUT2D eigenvalue weighted by Crippen LogP contribution is 2.14. The molecule has 2 aromatic rings. The summed E-state index contributed by atoms with van der Waals surface area (Å²) in [6.45, 7) is 1.47. The number of benzene rings is 1. The molecule has 2 rings (SSSR count). The lowest BCUT2D eigenvalue weighted by molar-refractivity contribution is 0.380. The van der Waals surface area contributed by atoms with Crippen molar-refractivity contribution in [3.63, 3.8) is 0 Å². The number of halogens is 1. The normalized spacial score (nSPS) is 11.3. The number of hydrogen-bond acceptors (Lipinski definition) is 3. The molecule has 0 bridgehead atoms. The molecule has 0 radical (unpaired) electrons. The van der Waals surface area contributed by atoms with Gasteiger partial charge in [-0.2, -0.15) is 0 Å². The van der Waals surface area contributed by atoms with Crippen LogP contribution >= 0.6 is 15.9 Å². The van der Waals surface area contributed by atoms with Gasteiger partial charge in [0.05, 0.1) is 17.2 Å². The number of rotatable bonds is 3. The van der Waals surface area contributed by atoms with Crippen molar-refractivity contribution in [2.75, 3.05) is 20.6 Å². The first-order valence-corrected chi connectivity index (χ1v) is 6.16. The molecule has 0 aliphatic heterocycles. The van der Waals surface area contributed by atoms with Gasteiger partial charge >= 0.3 is 0 Å². The number of fused-ring (bicyclic) bond motifs is 1. The molecule has 1 aromatic heterocycles.